The molecule has 0 bridgehead atoms. The van der Waals surface area contributed by atoms with Crippen molar-refractivity contribution in [1.29, 1.82) is 0 Å². The molecule has 1 aliphatic rings. The molecule has 1 aromatic carbocycles. The van der Waals surface area contributed by atoms with E-state index in [-0.39, 0.29) is 18.2 Å². The summed E-state index contributed by atoms with van der Waals surface area (Å²) in [4.78, 5) is 24.8. The average molecular weight is 371 g/mol. The van der Waals surface area contributed by atoms with Gasteiger partial charge in [0.2, 0.25) is 0 Å². The summed E-state index contributed by atoms with van der Waals surface area (Å²) >= 11 is 0. The zero-order valence-electron chi connectivity index (χ0n) is 15.9. The van der Waals surface area contributed by atoms with Crippen LogP contribution in [0.2, 0.25) is 0 Å². The topological polar surface area (TPSA) is 77.8 Å². The fourth-order valence-corrected chi connectivity index (χ4v) is 2.96. The van der Waals surface area contributed by atoms with Crippen LogP contribution in [-0.4, -0.2) is 25.2 Å². The van der Waals surface area contributed by atoms with E-state index in [4.69, 9.17) is 13.9 Å². The highest BCUT2D eigenvalue weighted by Crippen LogP contribution is 2.30. The van der Waals surface area contributed by atoms with Crippen molar-refractivity contribution in [2.24, 2.45) is 5.92 Å². The zero-order valence-corrected chi connectivity index (χ0v) is 15.9. The first-order valence-electron chi connectivity index (χ1n) is 9.24. The highest BCUT2D eigenvalue weighted by atomic mass is 16.6. The van der Waals surface area contributed by atoms with E-state index in [1.807, 2.05) is 24.3 Å². The number of fused-ring (bicyclic) bond motifs is 1. The van der Waals surface area contributed by atoms with Gasteiger partial charge in [0.15, 0.2) is 11.5 Å². The molecule has 27 heavy (non-hydrogen) atoms. The molecule has 6 heteroatoms. The van der Waals surface area contributed by atoms with Crippen molar-refractivity contribution >= 4 is 5.91 Å². The summed E-state index contributed by atoms with van der Waals surface area (Å²) in [5.41, 5.74) is 0.0616. The van der Waals surface area contributed by atoms with Crippen molar-refractivity contribution in [1.82, 2.24) is 5.32 Å². The summed E-state index contributed by atoms with van der Waals surface area (Å²) < 4.78 is 16.8. The van der Waals surface area contributed by atoms with Crippen LogP contribution in [0, 0.1) is 12.8 Å². The maximum Gasteiger partial charge on any atom is 0.349 e. The Morgan fingerprint density at radius 3 is 2.70 bits per heavy atom. The van der Waals surface area contributed by atoms with Gasteiger partial charge in [0.1, 0.15) is 24.0 Å². The molecule has 1 N–H and O–H groups in total. The second-order valence-electron chi connectivity index (χ2n) is 7.20. The Morgan fingerprint density at radius 2 is 2.00 bits per heavy atom. The number of amides is 1. The molecule has 0 saturated heterocycles. The first-order chi connectivity index (χ1) is 12.9. The summed E-state index contributed by atoms with van der Waals surface area (Å²) in [6, 6.07) is 9.16. The fourth-order valence-electron chi connectivity index (χ4n) is 2.96. The van der Waals surface area contributed by atoms with Gasteiger partial charge in [0.25, 0.3) is 5.91 Å². The molecule has 1 aliphatic heterocycles. The molecule has 0 fully saturated rings. The molecular weight excluding hydrogens is 346 g/mol. The van der Waals surface area contributed by atoms with Crippen LogP contribution in [-0.2, 0) is 6.42 Å². The van der Waals surface area contributed by atoms with Gasteiger partial charge in [0, 0.05) is 6.42 Å². The Morgan fingerprint density at radius 1 is 1.26 bits per heavy atom. The molecule has 1 unspecified atom stereocenters. The lowest BCUT2D eigenvalue weighted by atomic mass is 10.0. The number of ether oxygens (including phenoxy) is 2. The maximum absolute atomic E-state index is 12.5. The van der Waals surface area contributed by atoms with Crippen LogP contribution in [0.5, 0.6) is 11.5 Å². The molecule has 3 rings (SSSR count). The Kier molecular flexibility index (Phi) is 5.84. The summed E-state index contributed by atoms with van der Waals surface area (Å²) in [5, 5.41) is 2.75. The van der Waals surface area contributed by atoms with Gasteiger partial charge in [-0.15, -0.1) is 0 Å². The van der Waals surface area contributed by atoms with Crippen LogP contribution in [0.3, 0.4) is 0 Å². The molecule has 1 amide bonds. The molecule has 1 atom stereocenters. The molecule has 0 saturated carbocycles. The van der Waals surface area contributed by atoms with Crippen LogP contribution in [0.4, 0.5) is 0 Å². The number of para-hydroxylation sites is 2. The van der Waals surface area contributed by atoms with Crippen molar-refractivity contribution in [3.8, 4) is 11.5 Å². The first kappa shape index (κ1) is 19.0. The van der Waals surface area contributed by atoms with E-state index in [0.717, 1.165) is 6.42 Å². The van der Waals surface area contributed by atoms with E-state index in [2.05, 4.69) is 19.2 Å². The Bertz CT molecular complexity index is 871. The third-order valence-electron chi connectivity index (χ3n) is 4.45. The number of carbonyl (C=O) groups excluding carboxylic acids is 1. The molecule has 144 valence electrons. The Hall–Kier alpha value is -2.76. The van der Waals surface area contributed by atoms with Crippen LogP contribution in [0.1, 0.15) is 41.9 Å². The van der Waals surface area contributed by atoms with Crippen LogP contribution in [0.15, 0.2) is 39.5 Å². The summed E-state index contributed by atoms with van der Waals surface area (Å²) in [5.74, 6) is 2.01. The van der Waals surface area contributed by atoms with E-state index in [1.54, 1.807) is 13.0 Å². The predicted octanol–water partition coefficient (Wildman–Crippen LogP) is 3.11. The lowest BCUT2D eigenvalue weighted by Gasteiger charge is -2.26. The molecule has 0 aliphatic carbocycles. The number of hydrogen-bond donors (Lipinski definition) is 1. The minimum atomic E-state index is -0.600. The molecule has 0 radical (unpaired) electrons. The van der Waals surface area contributed by atoms with Crippen molar-refractivity contribution in [3.63, 3.8) is 0 Å². The van der Waals surface area contributed by atoms with Crippen molar-refractivity contribution in [3.05, 3.63) is 57.6 Å². The standard InChI is InChI=1S/C21H25NO5/c1-13(2)8-9-15-10-14(3)19(21(24)27-15)20(23)22-11-16-12-25-17-6-4-5-7-18(17)26-16/h4-7,10,13,16H,8-9,11-12H2,1-3H3,(H,22,23). The van der Waals surface area contributed by atoms with Crippen molar-refractivity contribution < 1.29 is 18.7 Å². The number of benzene rings is 1. The molecule has 6 nitrogen and oxygen atoms in total. The van der Waals surface area contributed by atoms with Gasteiger partial charge in [-0.2, -0.15) is 0 Å². The summed E-state index contributed by atoms with van der Waals surface area (Å²) in [7, 11) is 0. The largest absolute Gasteiger partial charge is 0.486 e. The first-order valence-corrected chi connectivity index (χ1v) is 9.24. The van der Waals surface area contributed by atoms with Gasteiger partial charge in [-0.05, 0) is 43.0 Å². The van der Waals surface area contributed by atoms with Gasteiger partial charge in [-0.1, -0.05) is 26.0 Å². The molecular formula is C21H25NO5. The molecule has 2 aromatic rings. The van der Waals surface area contributed by atoms with E-state index in [1.165, 1.54) is 0 Å². The van der Waals surface area contributed by atoms with Gasteiger partial charge < -0.3 is 19.2 Å². The third-order valence-corrected chi connectivity index (χ3v) is 4.45. The van der Waals surface area contributed by atoms with Gasteiger partial charge >= 0.3 is 5.63 Å². The van der Waals surface area contributed by atoms with Crippen LogP contribution >= 0.6 is 0 Å². The fraction of sp³-hybridized carbons (Fsp3) is 0.429. The van der Waals surface area contributed by atoms with E-state index < -0.39 is 11.5 Å². The zero-order chi connectivity index (χ0) is 19.4. The number of carbonyl (C=O) groups is 1. The quantitative estimate of drug-likeness (QED) is 0.844. The summed E-state index contributed by atoms with van der Waals surface area (Å²) in [6.07, 6.45) is 1.29. The van der Waals surface area contributed by atoms with E-state index >= 15 is 0 Å². The van der Waals surface area contributed by atoms with E-state index in [9.17, 15) is 9.59 Å². The molecule has 0 spiro atoms. The lowest BCUT2D eigenvalue weighted by molar-refractivity contribution is 0.0786. The molecule has 1 aromatic heterocycles. The van der Waals surface area contributed by atoms with Crippen molar-refractivity contribution in [2.45, 2.75) is 39.7 Å². The number of aryl methyl sites for hydroxylation is 2. The Labute approximate surface area is 158 Å². The lowest BCUT2D eigenvalue weighted by Crippen LogP contribution is -2.42. The minimum Gasteiger partial charge on any atom is -0.486 e. The predicted molar refractivity (Wildman–Crippen MR) is 102 cm³/mol. The average Bonchev–Trinajstić information content (AvgIpc) is 2.64. The monoisotopic (exact) mass is 371 g/mol. The SMILES string of the molecule is Cc1cc(CCC(C)C)oc(=O)c1C(=O)NCC1COc2ccccc2O1. The van der Waals surface area contributed by atoms with E-state index in [0.29, 0.717) is 41.8 Å². The number of rotatable bonds is 6. The highest BCUT2D eigenvalue weighted by molar-refractivity contribution is 5.95. The Balaban J connectivity index is 1.62. The summed E-state index contributed by atoms with van der Waals surface area (Å²) in [6.45, 7) is 6.55. The minimum absolute atomic E-state index is 0.0421. The van der Waals surface area contributed by atoms with Gasteiger partial charge in [-0.25, -0.2) is 4.79 Å². The highest BCUT2D eigenvalue weighted by Gasteiger charge is 2.23. The number of nitrogens with one attached hydrogen (secondary N) is 1. The van der Waals surface area contributed by atoms with Crippen molar-refractivity contribution in [2.75, 3.05) is 13.2 Å². The normalized spacial score (nSPS) is 15.6. The maximum atomic E-state index is 12.5. The second-order valence-corrected chi connectivity index (χ2v) is 7.20. The van der Waals surface area contributed by atoms with Gasteiger partial charge in [0.05, 0.1) is 6.54 Å². The number of hydrogen-bond acceptors (Lipinski definition) is 5. The van der Waals surface area contributed by atoms with Crippen LogP contribution < -0.4 is 20.4 Å². The molecule has 2 heterocycles. The van der Waals surface area contributed by atoms with Crippen LogP contribution in [0.25, 0.3) is 0 Å². The third kappa shape index (κ3) is 4.70. The smallest absolute Gasteiger partial charge is 0.349 e. The second kappa shape index (κ2) is 8.29. The van der Waals surface area contributed by atoms with Gasteiger partial charge in [-0.3, -0.25) is 4.79 Å².